The number of hydrogen-bond donors (Lipinski definition) is 0. The average molecular weight is 380 g/mol. The standard InChI is InChI=1S/C23H29N3O2/c1-19-6-5-9-21(16-19)25-10-12-26(13-11-25)23(27)18-24-14-15-28-22(17-24)20-7-3-2-4-8-20/h2-9,16,22H,10-15,17-18H2,1H3. The average Bonchev–Trinajstić information content (AvgIpc) is 2.75. The van der Waals surface area contributed by atoms with Gasteiger partial charge >= 0.3 is 0 Å². The largest absolute Gasteiger partial charge is 0.371 e. The van der Waals surface area contributed by atoms with E-state index in [0.29, 0.717) is 13.2 Å². The van der Waals surface area contributed by atoms with Crippen LogP contribution in [-0.4, -0.2) is 68.1 Å². The molecular formula is C23H29N3O2. The van der Waals surface area contributed by atoms with Gasteiger partial charge in [-0.2, -0.15) is 0 Å². The van der Waals surface area contributed by atoms with Gasteiger partial charge in [0.25, 0.3) is 0 Å². The Morgan fingerprint density at radius 3 is 2.54 bits per heavy atom. The molecule has 5 heteroatoms. The van der Waals surface area contributed by atoms with Crippen LogP contribution in [0.15, 0.2) is 54.6 Å². The quantitative estimate of drug-likeness (QED) is 0.818. The van der Waals surface area contributed by atoms with Crippen molar-refractivity contribution in [1.29, 1.82) is 0 Å². The number of aryl methyl sites for hydroxylation is 1. The summed E-state index contributed by atoms with van der Waals surface area (Å²) in [4.78, 5) is 19.4. The van der Waals surface area contributed by atoms with Crippen LogP contribution >= 0.6 is 0 Å². The predicted molar refractivity (Wildman–Crippen MR) is 112 cm³/mol. The van der Waals surface area contributed by atoms with Gasteiger partial charge in [-0.25, -0.2) is 0 Å². The first kappa shape index (κ1) is 19.0. The topological polar surface area (TPSA) is 36.0 Å². The molecule has 0 N–H and O–H groups in total. The van der Waals surface area contributed by atoms with Gasteiger partial charge in [-0.3, -0.25) is 9.69 Å². The first-order chi connectivity index (χ1) is 13.7. The fourth-order valence-corrected chi connectivity index (χ4v) is 4.05. The highest BCUT2D eigenvalue weighted by atomic mass is 16.5. The zero-order valence-corrected chi connectivity index (χ0v) is 16.6. The molecule has 5 nitrogen and oxygen atoms in total. The third-order valence-corrected chi connectivity index (χ3v) is 5.68. The lowest BCUT2D eigenvalue weighted by Crippen LogP contribution is -2.52. The number of amides is 1. The molecule has 148 valence electrons. The number of anilines is 1. The summed E-state index contributed by atoms with van der Waals surface area (Å²) in [6.45, 7) is 8.24. The summed E-state index contributed by atoms with van der Waals surface area (Å²) >= 11 is 0. The van der Waals surface area contributed by atoms with Crippen LogP contribution in [0.1, 0.15) is 17.2 Å². The fourth-order valence-electron chi connectivity index (χ4n) is 4.05. The van der Waals surface area contributed by atoms with Crippen LogP contribution in [-0.2, 0) is 9.53 Å². The number of carbonyl (C=O) groups is 1. The van der Waals surface area contributed by atoms with E-state index in [1.165, 1.54) is 16.8 Å². The first-order valence-corrected chi connectivity index (χ1v) is 10.2. The van der Waals surface area contributed by atoms with E-state index >= 15 is 0 Å². The molecule has 28 heavy (non-hydrogen) atoms. The Kier molecular flexibility index (Phi) is 5.93. The fraction of sp³-hybridized carbons (Fsp3) is 0.435. The van der Waals surface area contributed by atoms with E-state index in [-0.39, 0.29) is 12.0 Å². The molecule has 2 aliphatic heterocycles. The highest BCUT2D eigenvalue weighted by molar-refractivity contribution is 5.78. The second-order valence-corrected chi connectivity index (χ2v) is 7.71. The van der Waals surface area contributed by atoms with Gasteiger partial charge < -0.3 is 14.5 Å². The van der Waals surface area contributed by atoms with Crippen LogP contribution in [0.25, 0.3) is 0 Å². The van der Waals surface area contributed by atoms with Crippen molar-refractivity contribution < 1.29 is 9.53 Å². The first-order valence-electron chi connectivity index (χ1n) is 10.2. The third kappa shape index (κ3) is 4.54. The van der Waals surface area contributed by atoms with Crippen molar-refractivity contribution in [1.82, 2.24) is 9.80 Å². The highest BCUT2D eigenvalue weighted by Gasteiger charge is 2.27. The number of benzene rings is 2. The molecule has 0 bridgehead atoms. The van der Waals surface area contributed by atoms with E-state index in [2.05, 4.69) is 53.1 Å². The SMILES string of the molecule is Cc1cccc(N2CCN(C(=O)CN3CCOC(c4ccccc4)C3)CC2)c1. The summed E-state index contributed by atoms with van der Waals surface area (Å²) in [5, 5.41) is 0. The maximum atomic E-state index is 12.8. The molecule has 1 atom stereocenters. The van der Waals surface area contributed by atoms with Crippen LogP contribution in [0.4, 0.5) is 5.69 Å². The van der Waals surface area contributed by atoms with Gasteiger partial charge in [0, 0.05) is 45.0 Å². The monoisotopic (exact) mass is 379 g/mol. The molecule has 1 unspecified atom stereocenters. The molecule has 1 amide bonds. The Morgan fingerprint density at radius 1 is 1.00 bits per heavy atom. The van der Waals surface area contributed by atoms with Crippen molar-refractivity contribution >= 4 is 11.6 Å². The molecule has 4 rings (SSSR count). The Morgan fingerprint density at radius 2 is 1.79 bits per heavy atom. The van der Waals surface area contributed by atoms with E-state index < -0.39 is 0 Å². The predicted octanol–water partition coefficient (Wildman–Crippen LogP) is 2.72. The van der Waals surface area contributed by atoms with Gasteiger partial charge in [-0.1, -0.05) is 42.5 Å². The second kappa shape index (κ2) is 8.76. The van der Waals surface area contributed by atoms with Crippen LogP contribution in [0.3, 0.4) is 0 Å². The molecule has 2 aromatic carbocycles. The summed E-state index contributed by atoms with van der Waals surface area (Å²) in [5.41, 5.74) is 3.72. The van der Waals surface area contributed by atoms with Crippen molar-refractivity contribution in [3.63, 3.8) is 0 Å². The molecular weight excluding hydrogens is 350 g/mol. The molecule has 2 aromatic rings. The summed E-state index contributed by atoms with van der Waals surface area (Å²) in [7, 11) is 0. The van der Waals surface area contributed by atoms with Crippen LogP contribution in [0, 0.1) is 6.92 Å². The van der Waals surface area contributed by atoms with Crippen LogP contribution < -0.4 is 4.90 Å². The van der Waals surface area contributed by atoms with Gasteiger partial charge in [0.1, 0.15) is 0 Å². The molecule has 0 saturated carbocycles. The van der Waals surface area contributed by atoms with E-state index in [9.17, 15) is 4.79 Å². The molecule has 2 heterocycles. The van der Waals surface area contributed by atoms with Gasteiger partial charge in [-0.05, 0) is 30.2 Å². The van der Waals surface area contributed by atoms with Gasteiger partial charge in [0.15, 0.2) is 0 Å². The van der Waals surface area contributed by atoms with Crippen LogP contribution in [0.5, 0.6) is 0 Å². The van der Waals surface area contributed by atoms with Gasteiger partial charge in [0.2, 0.25) is 5.91 Å². The molecule has 0 spiro atoms. The minimum Gasteiger partial charge on any atom is -0.371 e. The van der Waals surface area contributed by atoms with Crippen molar-refractivity contribution in [3.8, 4) is 0 Å². The minimum absolute atomic E-state index is 0.0564. The molecule has 0 aliphatic carbocycles. The zero-order valence-electron chi connectivity index (χ0n) is 16.6. The van der Waals surface area contributed by atoms with E-state index in [4.69, 9.17) is 4.74 Å². The summed E-state index contributed by atoms with van der Waals surface area (Å²) < 4.78 is 5.92. The minimum atomic E-state index is 0.0564. The summed E-state index contributed by atoms with van der Waals surface area (Å²) in [6, 6.07) is 18.9. The Bertz CT molecular complexity index is 787. The highest BCUT2D eigenvalue weighted by Crippen LogP contribution is 2.22. The number of nitrogens with zero attached hydrogens (tertiary/aromatic N) is 3. The second-order valence-electron chi connectivity index (χ2n) is 7.71. The maximum absolute atomic E-state index is 12.8. The summed E-state index contributed by atoms with van der Waals surface area (Å²) in [6.07, 6.45) is 0.0564. The number of ether oxygens (including phenoxy) is 1. The molecule has 0 radical (unpaired) electrons. The van der Waals surface area contributed by atoms with Crippen molar-refractivity contribution in [2.45, 2.75) is 13.0 Å². The van der Waals surface area contributed by atoms with Gasteiger partial charge in [-0.15, -0.1) is 0 Å². The number of morpholine rings is 1. The lowest BCUT2D eigenvalue weighted by molar-refractivity contribution is -0.134. The molecule has 0 aromatic heterocycles. The number of carbonyl (C=O) groups excluding carboxylic acids is 1. The van der Waals surface area contributed by atoms with Crippen molar-refractivity contribution in [2.75, 3.05) is 57.3 Å². The van der Waals surface area contributed by atoms with Crippen molar-refractivity contribution in [2.24, 2.45) is 0 Å². The normalized spacial score (nSPS) is 21.0. The van der Waals surface area contributed by atoms with Crippen molar-refractivity contribution in [3.05, 3.63) is 65.7 Å². The number of hydrogen-bond acceptors (Lipinski definition) is 4. The van der Waals surface area contributed by atoms with Gasteiger partial charge in [0.05, 0.1) is 19.3 Å². The molecule has 2 aliphatic rings. The molecule has 2 saturated heterocycles. The lowest BCUT2D eigenvalue weighted by Gasteiger charge is -2.38. The maximum Gasteiger partial charge on any atom is 0.236 e. The zero-order chi connectivity index (χ0) is 19.3. The van der Waals surface area contributed by atoms with E-state index in [1.807, 2.05) is 23.1 Å². The third-order valence-electron chi connectivity index (χ3n) is 5.68. The number of piperazine rings is 1. The van der Waals surface area contributed by atoms with Crippen LogP contribution in [0.2, 0.25) is 0 Å². The Labute approximate surface area is 167 Å². The van der Waals surface area contributed by atoms with E-state index in [1.54, 1.807) is 0 Å². The number of rotatable bonds is 4. The smallest absolute Gasteiger partial charge is 0.236 e. The Balaban J connectivity index is 1.28. The van der Waals surface area contributed by atoms with E-state index in [0.717, 1.165) is 39.3 Å². The Hall–Kier alpha value is -2.37. The summed E-state index contributed by atoms with van der Waals surface area (Å²) in [5.74, 6) is 0.234. The molecule has 2 fully saturated rings. The lowest BCUT2D eigenvalue weighted by atomic mass is 10.1.